The lowest BCUT2D eigenvalue weighted by molar-refractivity contribution is 0.0994. The molecule has 0 aliphatic heterocycles. The smallest absolute Gasteiger partial charge is 0.191 e. The molecule has 0 radical (unpaired) electrons. The molecule has 1 aromatic carbocycles. The summed E-state index contributed by atoms with van der Waals surface area (Å²) < 4.78 is 7.27. The fourth-order valence-electron chi connectivity index (χ4n) is 2.53. The quantitative estimate of drug-likeness (QED) is 0.574. The first-order chi connectivity index (χ1) is 11.1. The molecule has 1 saturated carbocycles. The zero-order valence-corrected chi connectivity index (χ0v) is 14.5. The molecule has 0 spiro atoms. The lowest BCUT2D eigenvalue weighted by Gasteiger charge is -2.11. The fraction of sp³-hybridized carbons (Fsp3) is 0.471. The van der Waals surface area contributed by atoms with Gasteiger partial charge in [0.15, 0.2) is 10.9 Å². The van der Waals surface area contributed by atoms with Gasteiger partial charge < -0.3 is 9.30 Å². The van der Waals surface area contributed by atoms with E-state index in [0.717, 1.165) is 23.3 Å². The Balaban J connectivity index is 1.72. The number of rotatable bonds is 7. The second-order valence-corrected chi connectivity index (χ2v) is 7.02. The average molecular weight is 331 g/mol. The van der Waals surface area contributed by atoms with Gasteiger partial charge in [0.1, 0.15) is 11.6 Å². The van der Waals surface area contributed by atoms with Crippen molar-refractivity contribution in [3.05, 3.63) is 35.7 Å². The summed E-state index contributed by atoms with van der Waals surface area (Å²) in [6.45, 7) is 4.85. The molecule has 0 bridgehead atoms. The maximum absolute atomic E-state index is 12.6. The van der Waals surface area contributed by atoms with Gasteiger partial charge >= 0.3 is 0 Å². The summed E-state index contributed by atoms with van der Waals surface area (Å²) in [5, 5.41) is 9.25. The minimum atomic E-state index is -0.204. The van der Waals surface area contributed by atoms with Crippen LogP contribution < -0.4 is 4.74 Å². The van der Waals surface area contributed by atoms with Crippen LogP contribution in [0.4, 0.5) is 0 Å². The molecule has 1 aliphatic rings. The van der Waals surface area contributed by atoms with Crippen molar-refractivity contribution in [2.75, 3.05) is 7.11 Å². The number of nitrogens with zero attached hydrogens (tertiary/aromatic N) is 3. The minimum absolute atomic E-state index is 0.0938. The number of thioether (sulfide) groups is 1. The van der Waals surface area contributed by atoms with Crippen LogP contribution in [0.2, 0.25) is 0 Å². The summed E-state index contributed by atoms with van der Waals surface area (Å²) >= 11 is 1.48. The van der Waals surface area contributed by atoms with Crippen LogP contribution in [0.15, 0.2) is 29.4 Å². The van der Waals surface area contributed by atoms with Crippen LogP contribution in [0.5, 0.6) is 5.75 Å². The third-order valence-electron chi connectivity index (χ3n) is 4.03. The average Bonchev–Trinajstić information content (AvgIpc) is 3.35. The van der Waals surface area contributed by atoms with E-state index in [1.807, 2.05) is 19.1 Å². The number of hydrogen-bond donors (Lipinski definition) is 0. The number of ketones is 1. The van der Waals surface area contributed by atoms with Gasteiger partial charge in [-0.15, -0.1) is 10.2 Å². The first kappa shape index (κ1) is 16.1. The van der Waals surface area contributed by atoms with Gasteiger partial charge in [0, 0.05) is 18.0 Å². The second kappa shape index (κ2) is 6.74. The summed E-state index contributed by atoms with van der Waals surface area (Å²) in [4.78, 5) is 12.6. The first-order valence-corrected chi connectivity index (χ1v) is 8.80. The Hall–Kier alpha value is -1.82. The number of Topliss-reactive ketones (excluding diaryl/α,β-unsaturated/α-hetero) is 1. The van der Waals surface area contributed by atoms with Crippen molar-refractivity contribution in [1.82, 2.24) is 14.8 Å². The van der Waals surface area contributed by atoms with Gasteiger partial charge in [0.25, 0.3) is 0 Å². The molecule has 6 heteroatoms. The zero-order valence-electron chi connectivity index (χ0n) is 13.7. The molecule has 3 rings (SSSR count). The van der Waals surface area contributed by atoms with Gasteiger partial charge in [0.2, 0.25) is 0 Å². The molecular formula is C17H21N3O2S. The van der Waals surface area contributed by atoms with Crippen LogP contribution in [0, 0.1) is 0 Å². The van der Waals surface area contributed by atoms with Crippen molar-refractivity contribution in [3.8, 4) is 5.75 Å². The molecule has 2 aromatic rings. The summed E-state index contributed by atoms with van der Waals surface area (Å²) in [5.74, 6) is 2.47. The van der Waals surface area contributed by atoms with Crippen LogP contribution in [0.3, 0.4) is 0 Å². The van der Waals surface area contributed by atoms with Crippen molar-refractivity contribution in [2.24, 2.45) is 0 Å². The van der Waals surface area contributed by atoms with E-state index in [1.165, 1.54) is 24.6 Å². The first-order valence-electron chi connectivity index (χ1n) is 7.92. The Morgan fingerprint density at radius 1 is 1.35 bits per heavy atom. The molecule has 0 amide bonds. The molecule has 0 unspecified atom stereocenters. The van der Waals surface area contributed by atoms with Crippen LogP contribution in [0.25, 0.3) is 0 Å². The van der Waals surface area contributed by atoms with Crippen molar-refractivity contribution >= 4 is 17.5 Å². The highest BCUT2D eigenvalue weighted by Gasteiger charge is 2.30. The van der Waals surface area contributed by atoms with Crippen LogP contribution >= 0.6 is 11.8 Å². The minimum Gasteiger partial charge on any atom is -0.497 e. The van der Waals surface area contributed by atoms with E-state index in [2.05, 4.69) is 21.7 Å². The number of carbonyl (C=O) groups excluding carboxylic acids is 1. The molecule has 1 aromatic heterocycles. The molecule has 0 N–H and O–H groups in total. The van der Waals surface area contributed by atoms with E-state index in [1.54, 1.807) is 19.2 Å². The molecule has 0 saturated heterocycles. The number of aromatic nitrogens is 3. The summed E-state index contributed by atoms with van der Waals surface area (Å²) in [5.41, 5.74) is 0.691. The molecule has 1 heterocycles. The van der Waals surface area contributed by atoms with E-state index < -0.39 is 0 Å². The highest BCUT2D eigenvalue weighted by molar-refractivity contribution is 8.00. The van der Waals surface area contributed by atoms with Gasteiger partial charge in [-0.2, -0.15) is 0 Å². The van der Waals surface area contributed by atoms with Crippen LogP contribution in [-0.4, -0.2) is 32.9 Å². The lowest BCUT2D eigenvalue weighted by atomic mass is 10.1. The van der Waals surface area contributed by atoms with Crippen molar-refractivity contribution in [2.45, 2.75) is 49.6 Å². The number of hydrogen-bond acceptors (Lipinski definition) is 5. The largest absolute Gasteiger partial charge is 0.497 e. The topological polar surface area (TPSA) is 57.0 Å². The Morgan fingerprint density at radius 3 is 2.61 bits per heavy atom. The Labute approximate surface area is 140 Å². The zero-order chi connectivity index (χ0) is 16.4. The van der Waals surface area contributed by atoms with Crippen molar-refractivity contribution in [3.63, 3.8) is 0 Å². The Morgan fingerprint density at radius 2 is 2.04 bits per heavy atom. The van der Waals surface area contributed by atoms with Crippen molar-refractivity contribution in [1.29, 1.82) is 0 Å². The molecule has 5 nitrogen and oxygen atoms in total. The Bertz CT molecular complexity index is 692. The van der Waals surface area contributed by atoms with Gasteiger partial charge in [0.05, 0.1) is 12.4 Å². The highest BCUT2D eigenvalue weighted by Crippen LogP contribution is 2.40. The highest BCUT2D eigenvalue weighted by atomic mass is 32.2. The van der Waals surface area contributed by atoms with E-state index in [4.69, 9.17) is 4.74 Å². The van der Waals surface area contributed by atoms with Gasteiger partial charge in [-0.05, 0) is 51.0 Å². The maximum Gasteiger partial charge on any atom is 0.191 e. The van der Waals surface area contributed by atoms with E-state index in [9.17, 15) is 4.79 Å². The molecular weight excluding hydrogens is 310 g/mol. The standard InChI is InChI=1S/C17H21N3O2S/c1-4-20-16(13-5-6-13)18-19-17(20)23-11(2)15(21)12-7-9-14(22-3)10-8-12/h7-11,13H,4-6H2,1-3H3/t11-/m0/s1. The predicted octanol–water partition coefficient (Wildman–Crippen LogP) is 3.55. The molecule has 122 valence electrons. The third kappa shape index (κ3) is 3.42. The molecule has 1 aliphatic carbocycles. The Kier molecular flexibility index (Phi) is 4.71. The van der Waals surface area contributed by atoms with E-state index >= 15 is 0 Å². The summed E-state index contributed by atoms with van der Waals surface area (Å²) in [6.07, 6.45) is 2.40. The fourth-order valence-corrected chi connectivity index (χ4v) is 3.53. The number of benzene rings is 1. The maximum atomic E-state index is 12.6. The molecule has 1 atom stereocenters. The molecule has 23 heavy (non-hydrogen) atoms. The van der Waals surface area contributed by atoms with Crippen LogP contribution in [-0.2, 0) is 6.54 Å². The normalized spacial score (nSPS) is 15.4. The van der Waals surface area contributed by atoms with E-state index in [0.29, 0.717) is 11.5 Å². The predicted molar refractivity (Wildman–Crippen MR) is 90.3 cm³/mol. The van der Waals surface area contributed by atoms with Crippen molar-refractivity contribution < 1.29 is 9.53 Å². The SMILES string of the molecule is CCn1c(S[C@@H](C)C(=O)c2ccc(OC)cc2)nnc1C1CC1. The molecule has 1 fully saturated rings. The number of ether oxygens (including phenoxy) is 1. The van der Waals surface area contributed by atoms with Gasteiger partial charge in [-0.25, -0.2) is 0 Å². The third-order valence-corrected chi connectivity index (χ3v) is 5.11. The monoisotopic (exact) mass is 331 g/mol. The van der Waals surface area contributed by atoms with E-state index in [-0.39, 0.29) is 11.0 Å². The number of carbonyl (C=O) groups is 1. The van der Waals surface area contributed by atoms with Crippen LogP contribution in [0.1, 0.15) is 48.8 Å². The summed E-state index contributed by atoms with van der Waals surface area (Å²) in [7, 11) is 1.62. The lowest BCUT2D eigenvalue weighted by Crippen LogP contribution is -2.15. The van der Waals surface area contributed by atoms with Gasteiger partial charge in [-0.3, -0.25) is 4.79 Å². The number of methoxy groups -OCH3 is 1. The second-order valence-electron chi connectivity index (χ2n) is 5.71. The summed E-state index contributed by atoms with van der Waals surface area (Å²) in [6, 6.07) is 7.23. The van der Waals surface area contributed by atoms with Gasteiger partial charge in [-0.1, -0.05) is 11.8 Å².